The summed E-state index contributed by atoms with van der Waals surface area (Å²) in [7, 11) is 0. The van der Waals surface area contributed by atoms with Crippen molar-refractivity contribution in [2.24, 2.45) is 0 Å². The van der Waals surface area contributed by atoms with Gasteiger partial charge in [0.05, 0.1) is 12.4 Å². The number of hydrogen-bond acceptors (Lipinski definition) is 3. The zero-order chi connectivity index (χ0) is 15.8. The Bertz CT molecular complexity index is 628. The molecule has 4 heteroatoms. The minimum Gasteiger partial charge on any atom is -0.492 e. The number of carbonyl (C=O) groups excluding carboxylic acids is 1. The van der Waals surface area contributed by atoms with E-state index < -0.39 is 0 Å². The first-order chi connectivity index (χ1) is 10.7. The zero-order valence-corrected chi connectivity index (χ0v) is 13.8. The summed E-state index contributed by atoms with van der Waals surface area (Å²) in [5, 5.41) is 2.93. The summed E-state index contributed by atoms with van der Waals surface area (Å²) in [4.78, 5) is 11.9. The average Bonchev–Trinajstić information content (AvgIpc) is 2.51. The van der Waals surface area contributed by atoms with Crippen molar-refractivity contribution < 1.29 is 9.53 Å². The minimum absolute atomic E-state index is 0.0233. The van der Waals surface area contributed by atoms with Gasteiger partial charge in [0.2, 0.25) is 5.91 Å². The average molecular weight is 315 g/mol. The smallest absolute Gasteiger partial charge is 0.234 e. The number of hydrogen-bond donors (Lipinski definition) is 1. The van der Waals surface area contributed by atoms with E-state index in [2.05, 4.69) is 5.32 Å². The number of rotatable bonds is 7. The molecule has 0 aromatic heterocycles. The van der Waals surface area contributed by atoms with Crippen LogP contribution in [0.15, 0.2) is 48.5 Å². The van der Waals surface area contributed by atoms with E-state index in [0.29, 0.717) is 12.4 Å². The Labute approximate surface area is 136 Å². The summed E-state index contributed by atoms with van der Waals surface area (Å²) in [6, 6.07) is 15.7. The maximum absolute atomic E-state index is 11.9. The lowest BCUT2D eigenvalue weighted by Crippen LogP contribution is -2.15. The summed E-state index contributed by atoms with van der Waals surface area (Å²) in [5.74, 6) is 2.16. The Morgan fingerprint density at radius 1 is 1.05 bits per heavy atom. The lowest BCUT2D eigenvalue weighted by atomic mass is 10.2. The Balaban J connectivity index is 1.65. The molecule has 0 atom stereocenters. The highest BCUT2D eigenvalue weighted by molar-refractivity contribution is 7.99. The van der Waals surface area contributed by atoms with Crippen molar-refractivity contribution in [3.63, 3.8) is 0 Å². The third-order valence-corrected chi connectivity index (χ3v) is 4.15. The van der Waals surface area contributed by atoms with Gasteiger partial charge in [-0.05, 0) is 37.1 Å². The SMILES string of the molecule is Cc1ccccc1NC(=O)CSCCOc1ccccc1C. The van der Waals surface area contributed by atoms with Crippen LogP contribution in [-0.4, -0.2) is 24.0 Å². The third kappa shape index (κ3) is 5.11. The molecule has 2 aromatic carbocycles. The summed E-state index contributed by atoms with van der Waals surface area (Å²) >= 11 is 1.57. The van der Waals surface area contributed by atoms with E-state index in [4.69, 9.17) is 4.74 Å². The van der Waals surface area contributed by atoms with E-state index in [9.17, 15) is 4.79 Å². The summed E-state index contributed by atoms with van der Waals surface area (Å²) < 4.78 is 5.70. The number of nitrogens with one attached hydrogen (secondary N) is 1. The highest BCUT2D eigenvalue weighted by Crippen LogP contribution is 2.17. The van der Waals surface area contributed by atoms with Gasteiger partial charge in [0.25, 0.3) is 0 Å². The van der Waals surface area contributed by atoms with Gasteiger partial charge in [-0.2, -0.15) is 0 Å². The number of aryl methyl sites for hydroxylation is 2. The first-order valence-electron chi connectivity index (χ1n) is 7.28. The molecule has 0 bridgehead atoms. The molecule has 0 radical (unpaired) electrons. The molecule has 0 saturated carbocycles. The normalized spacial score (nSPS) is 10.3. The number of amides is 1. The van der Waals surface area contributed by atoms with E-state index in [0.717, 1.165) is 28.3 Å². The fraction of sp³-hybridized carbons (Fsp3) is 0.278. The molecular weight excluding hydrogens is 294 g/mol. The Kier molecular flexibility index (Phi) is 6.34. The van der Waals surface area contributed by atoms with E-state index in [1.165, 1.54) is 0 Å². The summed E-state index contributed by atoms with van der Waals surface area (Å²) in [6.07, 6.45) is 0. The second-order valence-electron chi connectivity index (χ2n) is 5.03. The van der Waals surface area contributed by atoms with Crippen molar-refractivity contribution in [1.82, 2.24) is 0 Å². The maximum atomic E-state index is 11.9. The molecule has 0 aliphatic heterocycles. The molecule has 1 N–H and O–H groups in total. The lowest BCUT2D eigenvalue weighted by molar-refractivity contribution is -0.113. The largest absolute Gasteiger partial charge is 0.492 e. The topological polar surface area (TPSA) is 38.3 Å². The van der Waals surface area contributed by atoms with Crippen LogP contribution < -0.4 is 10.1 Å². The first-order valence-corrected chi connectivity index (χ1v) is 8.44. The molecule has 0 aliphatic rings. The predicted octanol–water partition coefficient (Wildman–Crippen LogP) is 4.05. The molecule has 22 heavy (non-hydrogen) atoms. The van der Waals surface area contributed by atoms with E-state index in [-0.39, 0.29) is 5.91 Å². The second-order valence-corrected chi connectivity index (χ2v) is 6.13. The number of benzene rings is 2. The molecule has 0 heterocycles. The van der Waals surface area contributed by atoms with Gasteiger partial charge in [-0.1, -0.05) is 36.4 Å². The number of anilines is 1. The van der Waals surface area contributed by atoms with Gasteiger partial charge >= 0.3 is 0 Å². The molecule has 2 rings (SSSR count). The van der Waals surface area contributed by atoms with Crippen molar-refractivity contribution >= 4 is 23.4 Å². The Morgan fingerprint density at radius 2 is 1.73 bits per heavy atom. The second kappa shape index (κ2) is 8.49. The number of thioether (sulfide) groups is 1. The molecule has 0 saturated heterocycles. The zero-order valence-electron chi connectivity index (χ0n) is 13.0. The lowest BCUT2D eigenvalue weighted by Gasteiger charge is -2.09. The van der Waals surface area contributed by atoms with Crippen LogP contribution in [-0.2, 0) is 4.79 Å². The molecule has 0 spiro atoms. The monoisotopic (exact) mass is 315 g/mol. The first kappa shape index (κ1) is 16.4. The van der Waals surface area contributed by atoms with Crippen LogP contribution in [0, 0.1) is 13.8 Å². The molecule has 1 amide bonds. The van der Waals surface area contributed by atoms with Crippen LogP contribution in [0.2, 0.25) is 0 Å². The van der Waals surface area contributed by atoms with Crippen LogP contribution in [0.1, 0.15) is 11.1 Å². The van der Waals surface area contributed by atoms with Gasteiger partial charge in [0, 0.05) is 11.4 Å². The minimum atomic E-state index is 0.0233. The van der Waals surface area contributed by atoms with Crippen molar-refractivity contribution in [2.75, 3.05) is 23.4 Å². The molecule has 116 valence electrons. The maximum Gasteiger partial charge on any atom is 0.234 e. The third-order valence-electron chi connectivity index (χ3n) is 3.23. The van der Waals surface area contributed by atoms with Gasteiger partial charge in [-0.25, -0.2) is 0 Å². The fourth-order valence-electron chi connectivity index (χ4n) is 1.99. The molecular formula is C18H21NO2S. The van der Waals surface area contributed by atoms with E-state index in [1.54, 1.807) is 11.8 Å². The standard InChI is InChI=1S/C18H21NO2S/c1-14-7-3-5-9-16(14)19-18(20)13-22-12-11-21-17-10-6-4-8-15(17)2/h3-10H,11-13H2,1-2H3,(H,19,20). The van der Waals surface area contributed by atoms with E-state index in [1.807, 2.05) is 62.4 Å². The van der Waals surface area contributed by atoms with E-state index >= 15 is 0 Å². The number of ether oxygens (including phenoxy) is 1. The molecule has 0 fully saturated rings. The molecule has 3 nitrogen and oxygen atoms in total. The molecule has 0 unspecified atom stereocenters. The predicted molar refractivity (Wildman–Crippen MR) is 93.8 cm³/mol. The number of carbonyl (C=O) groups is 1. The van der Waals surface area contributed by atoms with Gasteiger partial charge in [-0.15, -0.1) is 11.8 Å². The highest BCUT2D eigenvalue weighted by atomic mass is 32.2. The van der Waals surface area contributed by atoms with Crippen LogP contribution >= 0.6 is 11.8 Å². The summed E-state index contributed by atoms with van der Waals surface area (Å²) in [6.45, 7) is 4.62. The van der Waals surface area contributed by atoms with Gasteiger partial charge in [0.1, 0.15) is 5.75 Å². The molecule has 2 aromatic rings. The van der Waals surface area contributed by atoms with Gasteiger partial charge in [0.15, 0.2) is 0 Å². The Morgan fingerprint density at radius 3 is 2.45 bits per heavy atom. The molecule has 0 aliphatic carbocycles. The van der Waals surface area contributed by atoms with Crippen molar-refractivity contribution in [2.45, 2.75) is 13.8 Å². The van der Waals surface area contributed by atoms with Crippen LogP contribution in [0.25, 0.3) is 0 Å². The van der Waals surface area contributed by atoms with Crippen molar-refractivity contribution in [3.8, 4) is 5.75 Å². The van der Waals surface area contributed by atoms with Crippen molar-refractivity contribution in [3.05, 3.63) is 59.7 Å². The fourth-order valence-corrected chi connectivity index (χ4v) is 2.60. The van der Waals surface area contributed by atoms with Crippen LogP contribution in [0.5, 0.6) is 5.75 Å². The van der Waals surface area contributed by atoms with Gasteiger partial charge in [-0.3, -0.25) is 4.79 Å². The van der Waals surface area contributed by atoms with Crippen molar-refractivity contribution in [1.29, 1.82) is 0 Å². The summed E-state index contributed by atoms with van der Waals surface area (Å²) in [5.41, 5.74) is 3.08. The number of para-hydroxylation sites is 2. The van der Waals surface area contributed by atoms with Crippen LogP contribution in [0.3, 0.4) is 0 Å². The highest BCUT2D eigenvalue weighted by Gasteiger charge is 2.04. The Hall–Kier alpha value is -1.94. The van der Waals surface area contributed by atoms with Crippen LogP contribution in [0.4, 0.5) is 5.69 Å². The van der Waals surface area contributed by atoms with Gasteiger partial charge < -0.3 is 10.1 Å². The quantitative estimate of drug-likeness (QED) is 0.783.